The Balaban J connectivity index is 2.19. The highest BCUT2D eigenvalue weighted by atomic mass is 16.5. The predicted molar refractivity (Wildman–Crippen MR) is 114 cm³/mol. The van der Waals surface area contributed by atoms with E-state index in [2.05, 4.69) is 21.4 Å². The van der Waals surface area contributed by atoms with Gasteiger partial charge in [-0.15, -0.1) is 4.48 Å². The van der Waals surface area contributed by atoms with Crippen LogP contribution in [0.3, 0.4) is 0 Å². The number of hydrogen-bond donors (Lipinski definition) is 3. The molecule has 1 aliphatic heterocycles. The van der Waals surface area contributed by atoms with E-state index in [0.29, 0.717) is 66.2 Å². The van der Waals surface area contributed by atoms with E-state index >= 15 is 0 Å². The number of fused-ring (bicyclic) bond motifs is 1. The summed E-state index contributed by atoms with van der Waals surface area (Å²) in [4.78, 5) is 33.2. The fourth-order valence-electron chi connectivity index (χ4n) is 3.74. The summed E-state index contributed by atoms with van der Waals surface area (Å²) in [5.74, 6) is 0.604. The lowest BCUT2D eigenvalue weighted by atomic mass is 9.99. The number of carbonyl (C=O) groups excluding carboxylic acids is 2. The van der Waals surface area contributed by atoms with E-state index in [0.717, 1.165) is 0 Å². The maximum absolute atomic E-state index is 12.8. The van der Waals surface area contributed by atoms with Crippen LogP contribution in [0.2, 0.25) is 0 Å². The zero-order valence-corrected chi connectivity index (χ0v) is 17.5. The molecule has 1 aliphatic rings. The SMILES string of the molecule is COC(C)CNc1cc([N+]2(C(N)=O)CCCc3cc(CO)c(C=O)nc32)ncc1C#N. The Bertz CT molecular complexity index is 1050. The number of methoxy groups -OCH3 is 1. The lowest BCUT2D eigenvalue weighted by Crippen LogP contribution is -2.56. The predicted octanol–water partition coefficient (Wildman–Crippen LogP) is 1.76. The molecule has 0 bridgehead atoms. The Hall–Kier alpha value is -3.39. The maximum atomic E-state index is 12.8. The van der Waals surface area contributed by atoms with E-state index in [1.54, 1.807) is 19.2 Å². The number of hydrogen-bond acceptors (Lipinski definition) is 8. The summed E-state index contributed by atoms with van der Waals surface area (Å²) >= 11 is 0. The van der Waals surface area contributed by atoms with Gasteiger partial charge in [0.25, 0.3) is 0 Å². The summed E-state index contributed by atoms with van der Waals surface area (Å²) in [6.45, 7) is 2.28. The zero-order valence-electron chi connectivity index (χ0n) is 17.5. The molecule has 10 nitrogen and oxygen atoms in total. The van der Waals surface area contributed by atoms with E-state index < -0.39 is 10.5 Å². The van der Waals surface area contributed by atoms with Crippen molar-refractivity contribution in [1.29, 1.82) is 5.26 Å². The van der Waals surface area contributed by atoms with Gasteiger partial charge in [0.2, 0.25) is 11.6 Å². The number of aryl methyl sites for hydroxylation is 1. The first kappa shape index (κ1) is 22.3. The molecule has 162 valence electrons. The van der Waals surface area contributed by atoms with Gasteiger partial charge in [-0.2, -0.15) is 10.2 Å². The number of nitrogens with two attached hydrogens (primary N) is 1. The number of aldehydes is 1. The van der Waals surface area contributed by atoms with Crippen molar-refractivity contribution in [3.63, 3.8) is 0 Å². The van der Waals surface area contributed by atoms with Crippen molar-refractivity contribution in [3.8, 4) is 6.07 Å². The number of urea groups is 1. The molecule has 0 saturated carbocycles. The van der Waals surface area contributed by atoms with E-state index in [-0.39, 0.29) is 18.4 Å². The van der Waals surface area contributed by atoms with Crippen molar-refractivity contribution >= 4 is 29.6 Å². The van der Waals surface area contributed by atoms with E-state index in [1.165, 1.54) is 6.20 Å². The summed E-state index contributed by atoms with van der Waals surface area (Å²) in [7, 11) is 1.59. The first-order valence-electron chi connectivity index (χ1n) is 9.86. The van der Waals surface area contributed by atoms with Gasteiger partial charge in [0, 0.05) is 37.3 Å². The van der Waals surface area contributed by atoms with Gasteiger partial charge in [-0.25, -0.2) is 9.78 Å². The van der Waals surface area contributed by atoms with Gasteiger partial charge in [-0.1, -0.05) is 0 Å². The number of primary amides is 1. The summed E-state index contributed by atoms with van der Waals surface area (Å²) in [6.07, 6.45) is 3.06. The Kier molecular flexibility index (Phi) is 6.60. The van der Waals surface area contributed by atoms with Crippen LogP contribution >= 0.6 is 0 Å². The molecule has 2 aromatic heterocycles. The zero-order chi connectivity index (χ0) is 22.6. The molecule has 31 heavy (non-hydrogen) atoms. The first-order valence-corrected chi connectivity index (χ1v) is 9.86. The van der Waals surface area contributed by atoms with Crippen molar-refractivity contribution in [2.45, 2.75) is 32.5 Å². The molecular weight excluding hydrogens is 400 g/mol. The number of amides is 2. The van der Waals surface area contributed by atoms with Crippen LogP contribution in [0.25, 0.3) is 0 Å². The summed E-state index contributed by atoms with van der Waals surface area (Å²) in [6, 6.07) is 4.68. The second kappa shape index (κ2) is 9.18. The van der Waals surface area contributed by atoms with Crippen LogP contribution in [0.15, 0.2) is 18.3 Å². The van der Waals surface area contributed by atoms with Gasteiger partial charge in [-0.3, -0.25) is 4.79 Å². The second-order valence-corrected chi connectivity index (χ2v) is 7.39. The molecule has 2 amide bonds. The quantitative estimate of drug-likeness (QED) is 0.448. The Morgan fingerprint density at radius 2 is 2.29 bits per heavy atom. The molecule has 4 N–H and O–H groups in total. The minimum absolute atomic E-state index is 0.0489. The highest BCUT2D eigenvalue weighted by Crippen LogP contribution is 2.40. The number of pyridine rings is 2. The summed E-state index contributed by atoms with van der Waals surface area (Å²) in [5, 5.41) is 22.2. The number of aromatic nitrogens is 2. The molecule has 0 radical (unpaired) electrons. The number of nitriles is 1. The molecule has 0 fully saturated rings. The molecule has 2 aromatic rings. The van der Waals surface area contributed by atoms with Crippen molar-refractivity contribution in [2.24, 2.45) is 5.73 Å². The minimum atomic E-state index is -0.699. The monoisotopic (exact) mass is 425 g/mol. The third-order valence-corrected chi connectivity index (χ3v) is 5.53. The van der Waals surface area contributed by atoms with Crippen LogP contribution in [-0.2, 0) is 17.8 Å². The summed E-state index contributed by atoms with van der Waals surface area (Å²) < 4.78 is 4.76. The Labute approximate surface area is 179 Å². The van der Waals surface area contributed by atoms with Gasteiger partial charge >= 0.3 is 6.03 Å². The number of aliphatic hydroxyl groups excluding tert-OH is 1. The van der Waals surface area contributed by atoms with Crippen LogP contribution in [0.5, 0.6) is 0 Å². The number of carbonyl (C=O) groups is 2. The minimum Gasteiger partial charge on any atom is -0.392 e. The average molecular weight is 425 g/mol. The average Bonchev–Trinajstić information content (AvgIpc) is 2.80. The van der Waals surface area contributed by atoms with Gasteiger partial charge in [0.1, 0.15) is 18.3 Å². The maximum Gasteiger partial charge on any atom is 0.426 e. The summed E-state index contributed by atoms with van der Waals surface area (Å²) in [5.41, 5.74) is 7.84. The number of nitrogens with one attached hydrogen (secondary N) is 1. The Morgan fingerprint density at radius 3 is 2.90 bits per heavy atom. The number of anilines is 1. The van der Waals surface area contributed by atoms with Crippen LogP contribution in [0.4, 0.5) is 22.1 Å². The highest BCUT2D eigenvalue weighted by molar-refractivity contribution is 5.93. The van der Waals surface area contributed by atoms with Gasteiger partial charge in [0.15, 0.2) is 6.29 Å². The normalized spacial score (nSPS) is 18.5. The molecule has 0 aromatic carbocycles. The second-order valence-electron chi connectivity index (χ2n) is 7.39. The van der Waals surface area contributed by atoms with Crippen molar-refractivity contribution in [2.75, 3.05) is 25.5 Å². The molecule has 0 saturated heterocycles. The number of nitrogens with zero attached hydrogens (tertiary/aromatic N) is 4. The molecule has 0 aliphatic carbocycles. The smallest absolute Gasteiger partial charge is 0.392 e. The van der Waals surface area contributed by atoms with E-state index in [1.807, 2.05) is 6.92 Å². The molecule has 10 heteroatoms. The lowest BCUT2D eigenvalue weighted by Gasteiger charge is -2.35. The highest BCUT2D eigenvalue weighted by Gasteiger charge is 2.47. The van der Waals surface area contributed by atoms with Crippen LogP contribution in [-0.4, -0.2) is 53.7 Å². The largest absolute Gasteiger partial charge is 0.426 e. The van der Waals surface area contributed by atoms with Crippen molar-refractivity contribution < 1.29 is 19.4 Å². The van der Waals surface area contributed by atoms with Crippen molar-refractivity contribution in [3.05, 3.63) is 40.7 Å². The third kappa shape index (κ3) is 3.98. The van der Waals surface area contributed by atoms with E-state index in [9.17, 15) is 20.0 Å². The molecule has 0 spiro atoms. The lowest BCUT2D eigenvalue weighted by molar-refractivity contribution is 0.111. The number of ether oxygens (including phenoxy) is 1. The third-order valence-electron chi connectivity index (χ3n) is 5.53. The molecular formula is C21H25N6O4+. The van der Waals surface area contributed by atoms with Gasteiger partial charge in [0.05, 0.1) is 30.2 Å². The fraction of sp³-hybridized carbons (Fsp3) is 0.381. The van der Waals surface area contributed by atoms with Crippen LogP contribution in [0.1, 0.15) is 40.5 Å². The Morgan fingerprint density at radius 1 is 1.52 bits per heavy atom. The van der Waals surface area contributed by atoms with Crippen molar-refractivity contribution in [1.82, 2.24) is 14.5 Å². The fourth-order valence-corrected chi connectivity index (χ4v) is 3.74. The van der Waals surface area contributed by atoms with Crippen LogP contribution in [0, 0.1) is 11.3 Å². The molecule has 2 atom stereocenters. The first-order chi connectivity index (χ1) is 14.9. The standard InChI is InChI=1S/C21H24N6O4/c1-13(31-2)9-24-17-7-19(25-10-16(17)8-22)27(21(23)30)5-3-4-14-6-15(11-28)18(12-29)26-20(14)27/h6-7,10,12-13,28H,3-5,9,11H2,1-2H3,(H2-,23,24,25,30)/p+1. The van der Waals surface area contributed by atoms with Gasteiger partial charge < -0.3 is 20.9 Å². The molecule has 3 heterocycles. The topological polar surface area (TPSA) is 151 Å². The van der Waals surface area contributed by atoms with E-state index in [4.69, 9.17) is 10.5 Å². The number of aliphatic hydroxyl groups is 1. The number of quaternary nitrogens is 1. The number of rotatable bonds is 7. The van der Waals surface area contributed by atoms with Crippen LogP contribution < -0.4 is 15.5 Å². The molecule has 3 rings (SSSR count). The molecule has 2 unspecified atom stereocenters. The van der Waals surface area contributed by atoms with Gasteiger partial charge in [-0.05, 0) is 19.4 Å².